The third kappa shape index (κ3) is 3.29. The van der Waals surface area contributed by atoms with Crippen LogP contribution in [-0.2, 0) is 19.9 Å². The molecule has 1 atom stereocenters. The quantitative estimate of drug-likeness (QED) is 0.627. The molecule has 1 aromatic carbocycles. The van der Waals surface area contributed by atoms with E-state index >= 15 is 0 Å². The molecule has 1 heterocycles. The van der Waals surface area contributed by atoms with E-state index in [0.29, 0.717) is 0 Å². The minimum atomic E-state index is 0.120. The van der Waals surface area contributed by atoms with Gasteiger partial charge in [-0.3, -0.25) is 16.0 Å². The number of nitrogens with one attached hydrogen (secondary N) is 1. The normalized spacial score (nSPS) is 12.6. The highest BCUT2D eigenvalue weighted by Gasteiger charge is 2.12. The van der Waals surface area contributed by atoms with E-state index in [1.165, 1.54) is 5.56 Å². The Morgan fingerprint density at radius 2 is 2.06 bits per heavy atom. The number of nitrogens with two attached hydrogens (primary N) is 1. The predicted octanol–water partition coefficient (Wildman–Crippen LogP) is 1.09. The summed E-state index contributed by atoms with van der Waals surface area (Å²) in [6, 6.07) is 7.89. The van der Waals surface area contributed by atoms with Gasteiger partial charge in [-0.2, -0.15) is 5.10 Å². The van der Waals surface area contributed by atoms with Crippen molar-refractivity contribution in [1.29, 1.82) is 0 Å². The van der Waals surface area contributed by atoms with Crippen molar-refractivity contribution < 1.29 is 0 Å². The fourth-order valence-electron chi connectivity index (χ4n) is 1.82. The molecule has 96 valence electrons. The summed E-state index contributed by atoms with van der Waals surface area (Å²) in [6.45, 7) is 0. The summed E-state index contributed by atoms with van der Waals surface area (Å²) in [5, 5.41) is 4.78. The number of hydrogen-bond donors (Lipinski definition) is 2. The second kappa shape index (κ2) is 5.95. The van der Waals surface area contributed by atoms with Gasteiger partial charge in [-0.05, 0) is 24.1 Å². The Labute approximate surface area is 111 Å². The third-order valence-electron chi connectivity index (χ3n) is 2.87. The van der Waals surface area contributed by atoms with Crippen molar-refractivity contribution in [2.45, 2.75) is 18.9 Å². The van der Waals surface area contributed by atoms with Crippen molar-refractivity contribution in [2.75, 3.05) is 0 Å². The van der Waals surface area contributed by atoms with Crippen LogP contribution < -0.4 is 11.3 Å². The Bertz CT molecular complexity index is 493. The average molecular weight is 266 g/mol. The first-order valence-electron chi connectivity index (χ1n) is 5.72. The number of hydrazine groups is 1. The molecule has 3 N–H and O–H groups in total. The zero-order valence-corrected chi connectivity index (χ0v) is 10.9. The first kappa shape index (κ1) is 13.0. The molecule has 5 nitrogen and oxygen atoms in total. The van der Waals surface area contributed by atoms with Gasteiger partial charge in [0.15, 0.2) is 0 Å². The summed E-state index contributed by atoms with van der Waals surface area (Å²) in [4.78, 5) is 4.19. The van der Waals surface area contributed by atoms with Crippen molar-refractivity contribution in [3.8, 4) is 0 Å². The van der Waals surface area contributed by atoms with Crippen molar-refractivity contribution in [2.24, 2.45) is 12.9 Å². The molecule has 0 fully saturated rings. The van der Waals surface area contributed by atoms with E-state index in [-0.39, 0.29) is 6.04 Å². The molecule has 0 bridgehead atoms. The van der Waals surface area contributed by atoms with Crippen LogP contribution in [0.25, 0.3) is 0 Å². The van der Waals surface area contributed by atoms with Gasteiger partial charge in [-0.1, -0.05) is 23.7 Å². The molecule has 0 aliphatic carbocycles. The number of hydrogen-bond acceptors (Lipinski definition) is 4. The lowest BCUT2D eigenvalue weighted by Gasteiger charge is -2.15. The lowest BCUT2D eigenvalue weighted by Crippen LogP contribution is -2.39. The zero-order chi connectivity index (χ0) is 13.0. The van der Waals surface area contributed by atoms with Gasteiger partial charge in [-0.15, -0.1) is 0 Å². The minimum absolute atomic E-state index is 0.120. The Morgan fingerprint density at radius 1 is 1.33 bits per heavy atom. The van der Waals surface area contributed by atoms with E-state index in [1.807, 2.05) is 31.3 Å². The van der Waals surface area contributed by atoms with Gasteiger partial charge < -0.3 is 0 Å². The van der Waals surface area contributed by atoms with E-state index < -0.39 is 0 Å². The van der Waals surface area contributed by atoms with Gasteiger partial charge in [0.2, 0.25) is 0 Å². The number of halogens is 1. The third-order valence-corrected chi connectivity index (χ3v) is 3.12. The molecule has 0 aliphatic rings. The van der Waals surface area contributed by atoms with Crippen LogP contribution in [-0.4, -0.2) is 20.8 Å². The molecule has 0 amide bonds. The summed E-state index contributed by atoms with van der Waals surface area (Å²) < 4.78 is 1.76. The molecule has 2 rings (SSSR count). The van der Waals surface area contributed by atoms with E-state index in [0.717, 1.165) is 23.7 Å². The monoisotopic (exact) mass is 265 g/mol. The Morgan fingerprint density at radius 3 is 2.61 bits per heavy atom. The summed E-state index contributed by atoms with van der Waals surface area (Å²) in [6.07, 6.45) is 3.10. The molecular weight excluding hydrogens is 250 g/mol. The second-order valence-electron chi connectivity index (χ2n) is 4.20. The minimum Gasteiger partial charge on any atom is -0.271 e. The summed E-state index contributed by atoms with van der Waals surface area (Å²) in [7, 11) is 1.87. The van der Waals surface area contributed by atoms with E-state index in [9.17, 15) is 0 Å². The highest BCUT2D eigenvalue weighted by molar-refractivity contribution is 6.30. The largest absolute Gasteiger partial charge is 0.271 e. The van der Waals surface area contributed by atoms with Crippen LogP contribution in [0.15, 0.2) is 30.6 Å². The second-order valence-corrected chi connectivity index (χ2v) is 4.63. The number of benzene rings is 1. The van der Waals surface area contributed by atoms with E-state index in [2.05, 4.69) is 15.5 Å². The number of rotatable bonds is 5. The lowest BCUT2D eigenvalue weighted by molar-refractivity contribution is 0.499. The first-order chi connectivity index (χ1) is 8.69. The molecule has 6 heteroatoms. The predicted molar refractivity (Wildman–Crippen MR) is 71.0 cm³/mol. The van der Waals surface area contributed by atoms with Gasteiger partial charge in [0.05, 0.1) is 0 Å². The van der Waals surface area contributed by atoms with E-state index in [1.54, 1.807) is 11.0 Å². The SMILES string of the molecule is Cn1ncnc1CC(Cc1ccc(Cl)cc1)NN. The number of aryl methyl sites for hydroxylation is 1. The van der Waals surface area contributed by atoms with Crippen LogP contribution in [0.1, 0.15) is 11.4 Å². The summed E-state index contributed by atoms with van der Waals surface area (Å²) in [5.74, 6) is 6.49. The van der Waals surface area contributed by atoms with Gasteiger partial charge >= 0.3 is 0 Å². The summed E-state index contributed by atoms with van der Waals surface area (Å²) in [5.41, 5.74) is 4.00. The van der Waals surface area contributed by atoms with Crippen molar-refractivity contribution >= 4 is 11.6 Å². The van der Waals surface area contributed by atoms with Crippen molar-refractivity contribution in [1.82, 2.24) is 20.2 Å². The summed E-state index contributed by atoms with van der Waals surface area (Å²) >= 11 is 5.86. The van der Waals surface area contributed by atoms with Crippen LogP contribution >= 0.6 is 11.6 Å². The number of nitrogens with zero attached hydrogens (tertiary/aromatic N) is 3. The molecule has 18 heavy (non-hydrogen) atoms. The smallest absolute Gasteiger partial charge is 0.138 e. The molecule has 0 aliphatic heterocycles. The highest BCUT2D eigenvalue weighted by atomic mass is 35.5. The Kier molecular flexibility index (Phi) is 4.30. The molecule has 0 spiro atoms. The molecule has 0 saturated carbocycles. The maximum atomic E-state index is 5.86. The topological polar surface area (TPSA) is 68.8 Å². The van der Waals surface area contributed by atoms with Gasteiger partial charge in [0.25, 0.3) is 0 Å². The van der Waals surface area contributed by atoms with Crippen LogP contribution in [0.5, 0.6) is 0 Å². The van der Waals surface area contributed by atoms with Crippen LogP contribution in [0.4, 0.5) is 0 Å². The molecule has 1 aromatic heterocycles. The van der Waals surface area contributed by atoms with Crippen LogP contribution in [0.3, 0.4) is 0 Å². The fraction of sp³-hybridized carbons (Fsp3) is 0.333. The zero-order valence-electron chi connectivity index (χ0n) is 10.2. The van der Waals surface area contributed by atoms with Gasteiger partial charge in [-0.25, -0.2) is 4.98 Å². The van der Waals surface area contributed by atoms with Crippen molar-refractivity contribution in [3.63, 3.8) is 0 Å². The fourth-order valence-corrected chi connectivity index (χ4v) is 1.95. The average Bonchev–Trinajstić information content (AvgIpc) is 2.77. The Balaban J connectivity index is 2.01. The van der Waals surface area contributed by atoms with Gasteiger partial charge in [0.1, 0.15) is 12.2 Å². The molecule has 2 aromatic rings. The Hall–Kier alpha value is -1.43. The first-order valence-corrected chi connectivity index (χ1v) is 6.10. The highest BCUT2D eigenvalue weighted by Crippen LogP contribution is 2.12. The van der Waals surface area contributed by atoms with Crippen LogP contribution in [0.2, 0.25) is 5.02 Å². The molecule has 1 unspecified atom stereocenters. The maximum Gasteiger partial charge on any atom is 0.138 e. The van der Waals surface area contributed by atoms with Gasteiger partial charge in [0, 0.05) is 24.5 Å². The van der Waals surface area contributed by atoms with Crippen molar-refractivity contribution in [3.05, 3.63) is 47.0 Å². The molecular formula is C12H16ClN5. The number of aromatic nitrogens is 3. The van der Waals surface area contributed by atoms with E-state index in [4.69, 9.17) is 17.4 Å². The standard InChI is InChI=1S/C12H16ClN5/c1-18-12(15-8-16-18)7-11(17-14)6-9-2-4-10(13)5-3-9/h2-5,8,11,17H,6-7,14H2,1H3. The lowest BCUT2D eigenvalue weighted by atomic mass is 10.0. The maximum absolute atomic E-state index is 5.86. The molecule has 0 saturated heterocycles. The van der Waals surface area contributed by atoms with Crippen LogP contribution in [0, 0.1) is 0 Å². The molecule has 0 radical (unpaired) electrons.